The summed E-state index contributed by atoms with van der Waals surface area (Å²) >= 11 is 0. The molecule has 0 aliphatic rings. The lowest BCUT2D eigenvalue weighted by Gasteiger charge is -2.17. The van der Waals surface area contributed by atoms with Gasteiger partial charge in [0.25, 0.3) is 0 Å². The van der Waals surface area contributed by atoms with E-state index in [2.05, 4.69) is 163 Å². The first-order chi connectivity index (χ1) is 27.7. The lowest BCUT2D eigenvalue weighted by molar-refractivity contribution is 1.18. The molecule has 0 unspecified atom stereocenters. The molecule has 0 amide bonds. The van der Waals surface area contributed by atoms with Crippen molar-refractivity contribution in [1.82, 2.24) is 15.0 Å². The van der Waals surface area contributed by atoms with E-state index in [1.165, 1.54) is 64.6 Å². The highest BCUT2D eigenvalue weighted by Crippen LogP contribution is 2.44. The normalized spacial score (nSPS) is 11.9. The minimum absolute atomic E-state index is 0.702. The van der Waals surface area contributed by atoms with Gasteiger partial charge in [-0.1, -0.05) is 146 Å². The number of aromatic nitrogens is 3. The van der Waals surface area contributed by atoms with E-state index in [1.54, 1.807) is 0 Å². The standard InChI is InChI=1S/C53H31N3/c1-2-8-37(9-3-1)53-55-47(33-19-17-32(18-20-33)38-25-26-46-39(28-38)13-7-27-54-46)31-48(56-53)41-29-40-24-23-36-11-5-15-43-42-14-4-10-34-21-22-35-12-6-16-44(51(35)49(34)42)45(30-41)52(40)50(36)43/h1-31H. The molecular formula is C53H31N3. The van der Waals surface area contributed by atoms with E-state index in [0.29, 0.717) is 5.82 Å². The Labute approximate surface area is 322 Å². The van der Waals surface area contributed by atoms with Crippen molar-refractivity contribution in [1.29, 1.82) is 0 Å². The van der Waals surface area contributed by atoms with E-state index in [-0.39, 0.29) is 0 Å². The second kappa shape index (κ2) is 12.0. The Hall–Kier alpha value is -7.49. The molecule has 0 radical (unpaired) electrons. The van der Waals surface area contributed by atoms with E-state index in [0.717, 1.165) is 50.1 Å². The van der Waals surface area contributed by atoms with Crippen molar-refractivity contribution >= 4 is 75.5 Å². The fourth-order valence-electron chi connectivity index (χ4n) is 8.98. The van der Waals surface area contributed by atoms with Gasteiger partial charge in [-0.15, -0.1) is 0 Å². The first-order valence-corrected chi connectivity index (χ1v) is 19.1. The Morgan fingerprint density at radius 2 is 0.821 bits per heavy atom. The number of hydrogen-bond donors (Lipinski definition) is 0. The molecule has 2 aromatic heterocycles. The predicted octanol–water partition coefficient (Wildman–Crippen LogP) is 14.0. The maximum atomic E-state index is 5.30. The maximum Gasteiger partial charge on any atom is 0.160 e. The smallest absolute Gasteiger partial charge is 0.160 e. The molecule has 0 N–H and O–H groups in total. The molecule has 12 rings (SSSR count). The monoisotopic (exact) mass is 709 g/mol. The van der Waals surface area contributed by atoms with Crippen LogP contribution in [0.25, 0.3) is 121 Å². The molecule has 0 saturated carbocycles. The average molecular weight is 710 g/mol. The second-order valence-electron chi connectivity index (χ2n) is 14.8. The first kappa shape index (κ1) is 30.9. The summed E-state index contributed by atoms with van der Waals surface area (Å²) in [5, 5.41) is 16.2. The van der Waals surface area contributed by atoms with Gasteiger partial charge < -0.3 is 0 Å². The van der Waals surface area contributed by atoms with Crippen molar-refractivity contribution in [3.05, 3.63) is 188 Å². The van der Waals surface area contributed by atoms with Crippen LogP contribution in [0.5, 0.6) is 0 Å². The van der Waals surface area contributed by atoms with Crippen LogP contribution in [0, 0.1) is 0 Å². The Morgan fingerprint density at radius 1 is 0.286 bits per heavy atom. The number of nitrogens with zero attached hydrogens (tertiary/aromatic N) is 3. The molecule has 0 atom stereocenters. The molecule has 2 heterocycles. The zero-order chi connectivity index (χ0) is 36.7. The van der Waals surface area contributed by atoms with Crippen molar-refractivity contribution in [2.45, 2.75) is 0 Å². The fraction of sp³-hybridized carbons (Fsp3) is 0. The SMILES string of the molecule is c1ccc(-c2nc(-c3ccc(-c4ccc5ncccc5c4)cc3)cc(-c3cc4ccc5cccc6c7cccc8ccc9cccc(c(c3)c4c56)c9c87)n2)cc1. The van der Waals surface area contributed by atoms with Crippen molar-refractivity contribution in [3.8, 4) is 45.0 Å². The van der Waals surface area contributed by atoms with Crippen LogP contribution in [-0.4, -0.2) is 15.0 Å². The van der Waals surface area contributed by atoms with Crippen LogP contribution < -0.4 is 0 Å². The Balaban J connectivity index is 1.12. The van der Waals surface area contributed by atoms with Gasteiger partial charge in [-0.2, -0.15) is 0 Å². The van der Waals surface area contributed by atoms with Crippen LogP contribution in [0.15, 0.2) is 188 Å². The molecular weight excluding hydrogens is 679 g/mol. The zero-order valence-corrected chi connectivity index (χ0v) is 30.2. The fourth-order valence-corrected chi connectivity index (χ4v) is 8.98. The van der Waals surface area contributed by atoms with Gasteiger partial charge in [0.05, 0.1) is 16.9 Å². The van der Waals surface area contributed by atoms with E-state index in [9.17, 15) is 0 Å². The van der Waals surface area contributed by atoms with Crippen molar-refractivity contribution in [3.63, 3.8) is 0 Å². The molecule has 0 saturated heterocycles. The molecule has 0 aliphatic heterocycles. The van der Waals surface area contributed by atoms with Gasteiger partial charge >= 0.3 is 0 Å². The summed E-state index contributed by atoms with van der Waals surface area (Å²) in [4.78, 5) is 15.0. The van der Waals surface area contributed by atoms with Gasteiger partial charge in [0.15, 0.2) is 5.82 Å². The summed E-state index contributed by atoms with van der Waals surface area (Å²) in [5.41, 5.74) is 8.15. The summed E-state index contributed by atoms with van der Waals surface area (Å²) in [6.45, 7) is 0. The molecule has 258 valence electrons. The van der Waals surface area contributed by atoms with Crippen LogP contribution in [0.4, 0.5) is 0 Å². The third-order valence-electron chi connectivity index (χ3n) is 11.6. The summed E-state index contributed by atoms with van der Waals surface area (Å²) < 4.78 is 0. The maximum absolute atomic E-state index is 5.30. The molecule has 12 aromatic rings. The molecule has 0 bridgehead atoms. The van der Waals surface area contributed by atoms with Crippen LogP contribution >= 0.6 is 0 Å². The number of pyridine rings is 1. The van der Waals surface area contributed by atoms with Crippen LogP contribution in [0.2, 0.25) is 0 Å². The van der Waals surface area contributed by atoms with Crippen LogP contribution in [0.3, 0.4) is 0 Å². The van der Waals surface area contributed by atoms with Crippen molar-refractivity contribution in [2.75, 3.05) is 0 Å². The Morgan fingerprint density at radius 3 is 1.50 bits per heavy atom. The lowest BCUT2D eigenvalue weighted by Crippen LogP contribution is -1.96. The van der Waals surface area contributed by atoms with E-state index < -0.39 is 0 Å². The summed E-state index contributed by atoms with van der Waals surface area (Å²) in [6, 6.07) is 65.7. The van der Waals surface area contributed by atoms with E-state index >= 15 is 0 Å². The first-order valence-electron chi connectivity index (χ1n) is 19.1. The lowest BCUT2D eigenvalue weighted by atomic mass is 9.87. The molecule has 10 aromatic carbocycles. The minimum atomic E-state index is 0.702. The molecule has 3 nitrogen and oxygen atoms in total. The predicted molar refractivity (Wildman–Crippen MR) is 235 cm³/mol. The van der Waals surface area contributed by atoms with Crippen LogP contribution in [0.1, 0.15) is 0 Å². The largest absolute Gasteiger partial charge is 0.256 e. The van der Waals surface area contributed by atoms with Crippen molar-refractivity contribution in [2.24, 2.45) is 0 Å². The molecule has 0 spiro atoms. The van der Waals surface area contributed by atoms with Gasteiger partial charge in [0, 0.05) is 28.3 Å². The number of benzene rings is 9. The quantitative estimate of drug-likeness (QED) is 0.171. The number of hydrogen-bond acceptors (Lipinski definition) is 3. The molecule has 0 fully saturated rings. The highest BCUT2D eigenvalue weighted by molar-refractivity contribution is 6.37. The van der Waals surface area contributed by atoms with Gasteiger partial charge in [0.1, 0.15) is 0 Å². The summed E-state index contributed by atoms with van der Waals surface area (Å²) in [6.07, 6.45) is 1.84. The summed E-state index contributed by atoms with van der Waals surface area (Å²) in [7, 11) is 0. The zero-order valence-electron chi connectivity index (χ0n) is 30.2. The van der Waals surface area contributed by atoms with Gasteiger partial charge in [-0.05, 0) is 112 Å². The molecule has 3 heteroatoms. The third-order valence-corrected chi connectivity index (χ3v) is 11.6. The van der Waals surface area contributed by atoms with E-state index in [4.69, 9.17) is 9.97 Å². The highest BCUT2D eigenvalue weighted by Gasteiger charge is 2.18. The van der Waals surface area contributed by atoms with Gasteiger partial charge in [-0.3, -0.25) is 4.98 Å². The Bertz CT molecular complexity index is 3510. The summed E-state index contributed by atoms with van der Waals surface area (Å²) in [5.74, 6) is 0.702. The van der Waals surface area contributed by atoms with E-state index in [1.807, 2.05) is 30.5 Å². The molecule has 56 heavy (non-hydrogen) atoms. The topological polar surface area (TPSA) is 38.7 Å². The van der Waals surface area contributed by atoms with Gasteiger partial charge in [0.2, 0.25) is 0 Å². The number of rotatable bonds is 4. The third kappa shape index (κ3) is 4.74. The number of fused-ring (bicyclic) bond motifs is 3. The van der Waals surface area contributed by atoms with Crippen LogP contribution in [-0.2, 0) is 0 Å². The molecule has 0 aliphatic carbocycles. The Kier molecular flexibility index (Phi) is 6.63. The van der Waals surface area contributed by atoms with Gasteiger partial charge in [-0.25, -0.2) is 9.97 Å². The minimum Gasteiger partial charge on any atom is -0.256 e. The second-order valence-corrected chi connectivity index (χ2v) is 14.8. The average Bonchev–Trinajstić information content (AvgIpc) is 3.27. The highest BCUT2D eigenvalue weighted by atomic mass is 14.9. The van der Waals surface area contributed by atoms with Crippen molar-refractivity contribution < 1.29 is 0 Å².